The van der Waals surface area contributed by atoms with Crippen molar-refractivity contribution < 1.29 is 0 Å². The van der Waals surface area contributed by atoms with Gasteiger partial charge in [0.2, 0.25) is 0 Å². The van der Waals surface area contributed by atoms with Gasteiger partial charge in [0.15, 0.2) is 0 Å². The molecule has 1 atom stereocenters. The van der Waals surface area contributed by atoms with Crippen LogP contribution in [0.2, 0.25) is 0 Å². The second kappa shape index (κ2) is 6.49. The SMILES string of the molecule is CCC1(C)c2ccccc2-c2ccc(-c3ccccc3)c(-c3ccccc3)c21. The minimum Gasteiger partial charge on any atom is -0.0642 e. The van der Waals surface area contributed by atoms with E-state index in [4.69, 9.17) is 0 Å². The van der Waals surface area contributed by atoms with Crippen molar-refractivity contribution in [3.05, 3.63) is 108 Å². The van der Waals surface area contributed by atoms with Crippen molar-refractivity contribution in [2.24, 2.45) is 0 Å². The van der Waals surface area contributed by atoms with E-state index in [0.29, 0.717) is 0 Å². The zero-order valence-corrected chi connectivity index (χ0v) is 16.4. The Morgan fingerprint density at radius 2 is 1.14 bits per heavy atom. The standard InChI is InChI=1S/C28H24/c1-3-28(2)25-17-11-10-16-23(25)24-19-18-22(20-12-6-4-7-13-20)26(27(24)28)21-14-8-5-9-15-21/h4-19H,3H2,1-2H3. The topological polar surface area (TPSA) is 0 Å². The summed E-state index contributed by atoms with van der Waals surface area (Å²) < 4.78 is 0. The molecule has 1 aliphatic rings. The first-order valence-corrected chi connectivity index (χ1v) is 10.1. The lowest BCUT2D eigenvalue weighted by molar-refractivity contribution is 0.566. The van der Waals surface area contributed by atoms with Crippen molar-refractivity contribution in [3.8, 4) is 33.4 Å². The molecule has 0 N–H and O–H groups in total. The Labute approximate surface area is 167 Å². The molecule has 0 nitrogen and oxygen atoms in total. The smallest absolute Gasteiger partial charge is 0.0190 e. The van der Waals surface area contributed by atoms with Crippen LogP contribution in [0.15, 0.2) is 97.1 Å². The third kappa shape index (κ3) is 2.38. The lowest BCUT2D eigenvalue weighted by atomic mass is 9.73. The first kappa shape index (κ1) is 17.0. The Kier molecular flexibility index (Phi) is 3.94. The van der Waals surface area contributed by atoms with Crippen LogP contribution in [-0.4, -0.2) is 0 Å². The van der Waals surface area contributed by atoms with E-state index in [0.717, 1.165) is 6.42 Å². The highest BCUT2D eigenvalue weighted by Gasteiger charge is 2.40. The Morgan fingerprint density at radius 3 is 1.82 bits per heavy atom. The normalized spacial score (nSPS) is 17.2. The van der Waals surface area contributed by atoms with E-state index in [1.165, 1.54) is 44.5 Å². The first-order valence-electron chi connectivity index (χ1n) is 10.1. The van der Waals surface area contributed by atoms with Gasteiger partial charge >= 0.3 is 0 Å². The Balaban J connectivity index is 1.91. The second-order valence-electron chi connectivity index (χ2n) is 7.87. The lowest BCUT2D eigenvalue weighted by Gasteiger charge is -2.29. The molecular formula is C28H24. The van der Waals surface area contributed by atoms with E-state index in [2.05, 4.69) is 111 Å². The van der Waals surface area contributed by atoms with E-state index in [9.17, 15) is 0 Å². The highest BCUT2D eigenvalue weighted by atomic mass is 14.4. The van der Waals surface area contributed by atoms with Gasteiger partial charge in [0.1, 0.15) is 0 Å². The van der Waals surface area contributed by atoms with Gasteiger partial charge in [0.05, 0.1) is 0 Å². The molecule has 0 heterocycles. The molecule has 0 radical (unpaired) electrons. The van der Waals surface area contributed by atoms with Gasteiger partial charge in [0, 0.05) is 5.41 Å². The fraction of sp³-hybridized carbons (Fsp3) is 0.143. The molecule has 0 heteroatoms. The van der Waals surface area contributed by atoms with Crippen LogP contribution in [0, 0.1) is 0 Å². The zero-order valence-electron chi connectivity index (χ0n) is 16.4. The summed E-state index contributed by atoms with van der Waals surface area (Å²) in [6, 6.07) is 35.3. The summed E-state index contributed by atoms with van der Waals surface area (Å²) in [6.45, 7) is 4.73. The zero-order chi connectivity index (χ0) is 19.1. The minimum absolute atomic E-state index is 0.0158. The molecule has 4 aromatic carbocycles. The monoisotopic (exact) mass is 360 g/mol. The van der Waals surface area contributed by atoms with Gasteiger partial charge in [-0.15, -0.1) is 0 Å². The summed E-state index contributed by atoms with van der Waals surface area (Å²) >= 11 is 0. The number of hydrogen-bond donors (Lipinski definition) is 0. The molecule has 136 valence electrons. The average molecular weight is 361 g/mol. The van der Waals surface area contributed by atoms with Gasteiger partial charge in [-0.3, -0.25) is 0 Å². The molecule has 0 amide bonds. The Bertz CT molecular complexity index is 1140. The maximum absolute atomic E-state index is 2.42. The first-order chi connectivity index (χ1) is 13.7. The third-order valence-electron chi connectivity index (χ3n) is 6.42. The van der Waals surface area contributed by atoms with Crippen molar-refractivity contribution >= 4 is 0 Å². The van der Waals surface area contributed by atoms with Gasteiger partial charge in [-0.25, -0.2) is 0 Å². The van der Waals surface area contributed by atoms with Crippen molar-refractivity contribution in [2.45, 2.75) is 25.7 Å². The summed E-state index contributed by atoms with van der Waals surface area (Å²) in [5.74, 6) is 0. The van der Waals surface area contributed by atoms with Crippen LogP contribution in [0.3, 0.4) is 0 Å². The largest absolute Gasteiger partial charge is 0.0642 e. The van der Waals surface area contributed by atoms with Crippen LogP contribution >= 0.6 is 0 Å². The molecule has 0 fully saturated rings. The molecule has 4 aromatic rings. The van der Waals surface area contributed by atoms with Crippen LogP contribution in [0.5, 0.6) is 0 Å². The molecule has 0 aromatic heterocycles. The van der Waals surface area contributed by atoms with E-state index in [1.54, 1.807) is 0 Å². The van der Waals surface area contributed by atoms with E-state index in [1.807, 2.05) is 0 Å². The van der Waals surface area contributed by atoms with Crippen LogP contribution in [0.25, 0.3) is 33.4 Å². The molecule has 0 saturated heterocycles. The number of rotatable bonds is 3. The number of fused-ring (bicyclic) bond motifs is 3. The molecule has 0 bridgehead atoms. The fourth-order valence-electron chi connectivity index (χ4n) is 4.86. The average Bonchev–Trinajstić information content (AvgIpc) is 3.04. The van der Waals surface area contributed by atoms with Crippen LogP contribution < -0.4 is 0 Å². The number of benzene rings is 4. The maximum Gasteiger partial charge on any atom is 0.0190 e. The van der Waals surface area contributed by atoms with Crippen LogP contribution in [0.4, 0.5) is 0 Å². The van der Waals surface area contributed by atoms with Crippen LogP contribution in [-0.2, 0) is 5.41 Å². The predicted octanol–water partition coefficient (Wildman–Crippen LogP) is 7.72. The summed E-state index contributed by atoms with van der Waals surface area (Å²) in [5, 5.41) is 0. The van der Waals surface area contributed by atoms with Crippen molar-refractivity contribution in [1.82, 2.24) is 0 Å². The Morgan fingerprint density at radius 1 is 0.571 bits per heavy atom. The van der Waals surface area contributed by atoms with Crippen LogP contribution in [0.1, 0.15) is 31.4 Å². The molecule has 0 spiro atoms. The van der Waals surface area contributed by atoms with E-state index >= 15 is 0 Å². The molecule has 0 aliphatic heterocycles. The Hall–Kier alpha value is -3.12. The summed E-state index contributed by atoms with van der Waals surface area (Å²) in [5.41, 5.74) is 11.0. The molecule has 1 aliphatic carbocycles. The molecule has 5 rings (SSSR count). The quantitative estimate of drug-likeness (QED) is 0.351. The molecule has 28 heavy (non-hydrogen) atoms. The summed E-state index contributed by atoms with van der Waals surface area (Å²) in [4.78, 5) is 0. The number of hydrogen-bond acceptors (Lipinski definition) is 0. The van der Waals surface area contributed by atoms with E-state index in [-0.39, 0.29) is 5.41 Å². The highest BCUT2D eigenvalue weighted by molar-refractivity contribution is 5.95. The molecule has 0 saturated carbocycles. The molecule has 1 unspecified atom stereocenters. The fourth-order valence-corrected chi connectivity index (χ4v) is 4.86. The maximum atomic E-state index is 2.42. The third-order valence-corrected chi connectivity index (χ3v) is 6.42. The van der Waals surface area contributed by atoms with E-state index < -0.39 is 0 Å². The second-order valence-corrected chi connectivity index (χ2v) is 7.87. The summed E-state index contributed by atoms with van der Waals surface area (Å²) in [6.07, 6.45) is 1.08. The highest BCUT2D eigenvalue weighted by Crippen LogP contribution is 2.55. The van der Waals surface area contributed by atoms with Crippen molar-refractivity contribution in [3.63, 3.8) is 0 Å². The minimum atomic E-state index is 0.0158. The lowest BCUT2D eigenvalue weighted by Crippen LogP contribution is -2.20. The van der Waals surface area contributed by atoms with Gasteiger partial charge in [-0.2, -0.15) is 0 Å². The molecular weight excluding hydrogens is 336 g/mol. The van der Waals surface area contributed by atoms with Gasteiger partial charge < -0.3 is 0 Å². The van der Waals surface area contributed by atoms with Crippen molar-refractivity contribution in [2.75, 3.05) is 0 Å². The van der Waals surface area contributed by atoms with Gasteiger partial charge in [-0.1, -0.05) is 111 Å². The predicted molar refractivity (Wildman–Crippen MR) is 119 cm³/mol. The van der Waals surface area contributed by atoms with Gasteiger partial charge in [-0.05, 0) is 50.9 Å². The van der Waals surface area contributed by atoms with Crippen molar-refractivity contribution in [1.29, 1.82) is 0 Å². The summed E-state index contributed by atoms with van der Waals surface area (Å²) in [7, 11) is 0. The van der Waals surface area contributed by atoms with Gasteiger partial charge in [0.25, 0.3) is 0 Å².